The van der Waals surface area contributed by atoms with Gasteiger partial charge in [0.2, 0.25) is 0 Å². The Balaban J connectivity index is 1.10. The lowest BCUT2D eigenvalue weighted by atomic mass is 9.83. The highest BCUT2D eigenvalue weighted by Crippen LogP contribution is 2.36. The number of quaternary nitrogens is 1. The van der Waals surface area contributed by atoms with Gasteiger partial charge >= 0.3 is 5.97 Å². The number of anilines is 1. The smallest absolute Gasteiger partial charge is 0.307 e. The molecule has 4 fully saturated rings. The van der Waals surface area contributed by atoms with Crippen molar-refractivity contribution < 1.29 is 23.2 Å². The lowest BCUT2D eigenvalue weighted by molar-refractivity contribution is -0.938. The summed E-state index contributed by atoms with van der Waals surface area (Å²) in [6.07, 6.45) is 2.20. The van der Waals surface area contributed by atoms with Crippen molar-refractivity contribution in [2.45, 2.75) is 30.6 Å². The Morgan fingerprint density at radius 1 is 1.11 bits per heavy atom. The maximum Gasteiger partial charge on any atom is 0.307 e. The number of piperidine rings is 3. The molecule has 8 heteroatoms. The zero-order valence-corrected chi connectivity index (χ0v) is 21.4. The molecule has 0 aromatic heterocycles. The van der Waals surface area contributed by atoms with Gasteiger partial charge in [0.05, 0.1) is 19.5 Å². The number of nitrogens with zero attached hydrogens (tertiary/aromatic N) is 2. The van der Waals surface area contributed by atoms with E-state index >= 15 is 0 Å². The molecule has 0 saturated carbocycles. The predicted molar refractivity (Wildman–Crippen MR) is 140 cm³/mol. The maximum atomic E-state index is 13.5. The number of hydrogen-bond acceptors (Lipinski definition) is 5. The number of rotatable bonds is 8. The normalized spacial score (nSPS) is 28.0. The number of nitrogens with one attached hydrogen (secondary N) is 1. The van der Waals surface area contributed by atoms with Gasteiger partial charge in [-0.1, -0.05) is 36.4 Å². The Labute approximate surface area is 216 Å². The van der Waals surface area contributed by atoms with E-state index in [1.165, 1.54) is 17.7 Å². The predicted octanol–water partition coefficient (Wildman–Crippen LogP) is 4.10. The van der Waals surface area contributed by atoms with Crippen molar-refractivity contribution in [3.8, 4) is 0 Å². The van der Waals surface area contributed by atoms with Crippen LogP contribution in [0, 0.1) is 11.7 Å². The fourth-order valence-corrected chi connectivity index (χ4v) is 7.21. The Bertz CT molecular complexity index is 1060. The number of esters is 1. The Morgan fingerprint density at radius 2 is 1.92 bits per heavy atom. The number of halogens is 1. The van der Waals surface area contributed by atoms with E-state index in [-0.39, 0.29) is 23.8 Å². The summed E-state index contributed by atoms with van der Waals surface area (Å²) in [5.74, 6) is 0.822. The number of ether oxygens (including phenoxy) is 1. The van der Waals surface area contributed by atoms with E-state index in [1.807, 2.05) is 17.8 Å². The van der Waals surface area contributed by atoms with Crippen molar-refractivity contribution in [1.82, 2.24) is 4.90 Å². The fraction of sp³-hybridized carbons (Fsp3) is 0.500. The molecule has 4 heterocycles. The van der Waals surface area contributed by atoms with Crippen molar-refractivity contribution in [2.75, 3.05) is 56.9 Å². The van der Waals surface area contributed by atoms with Crippen LogP contribution in [0.4, 0.5) is 10.1 Å². The van der Waals surface area contributed by atoms with Crippen LogP contribution in [0.1, 0.15) is 30.1 Å². The Hall–Kier alpha value is -2.42. The molecule has 2 aromatic rings. The molecule has 2 atom stereocenters. The summed E-state index contributed by atoms with van der Waals surface area (Å²) in [6.45, 7) is 5.51. The SMILES string of the molecule is O=C(C[N+]12CCC(CC1)[C@H](OC(=O)CCN1CCSC(c3ccccc3)C1)C2)Nc1cccc(F)c1. The summed E-state index contributed by atoms with van der Waals surface area (Å²) in [5.41, 5.74) is 1.82. The molecule has 0 aliphatic carbocycles. The third-order valence-electron chi connectivity index (χ3n) is 7.87. The lowest BCUT2D eigenvalue weighted by Gasteiger charge is -2.51. The molecule has 1 unspecified atom stereocenters. The van der Waals surface area contributed by atoms with E-state index in [2.05, 4.69) is 34.5 Å². The van der Waals surface area contributed by atoms with Crippen LogP contribution in [0.3, 0.4) is 0 Å². The fourth-order valence-electron chi connectivity index (χ4n) is 5.90. The van der Waals surface area contributed by atoms with Crippen LogP contribution < -0.4 is 5.32 Å². The zero-order chi connectivity index (χ0) is 25.0. The van der Waals surface area contributed by atoms with Gasteiger partial charge in [-0.05, 0) is 23.8 Å². The second-order valence-electron chi connectivity index (χ2n) is 10.4. The van der Waals surface area contributed by atoms with Crippen LogP contribution in [0.25, 0.3) is 0 Å². The minimum absolute atomic E-state index is 0.123. The molecule has 4 aliphatic heterocycles. The van der Waals surface area contributed by atoms with Crippen molar-refractivity contribution >= 4 is 29.3 Å². The number of fused-ring (bicyclic) bond motifs is 3. The summed E-state index contributed by atoms with van der Waals surface area (Å²) in [7, 11) is 0. The van der Waals surface area contributed by atoms with Crippen molar-refractivity contribution in [1.29, 1.82) is 0 Å². The largest absolute Gasteiger partial charge is 0.456 e. The average Bonchev–Trinajstić information content (AvgIpc) is 2.88. The van der Waals surface area contributed by atoms with Crippen molar-refractivity contribution in [3.05, 3.63) is 66.0 Å². The average molecular weight is 513 g/mol. The highest BCUT2D eigenvalue weighted by molar-refractivity contribution is 7.99. The molecule has 36 heavy (non-hydrogen) atoms. The number of benzene rings is 2. The van der Waals surface area contributed by atoms with Gasteiger partial charge in [-0.3, -0.25) is 9.59 Å². The lowest BCUT2D eigenvalue weighted by Crippen LogP contribution is -2.66. The van der Waals surface area contributed by atoms with Crippen LogP contribution in [-0.2, 0) is 14.3 Å². The summed E-state index contributed by atoms with van der Waals surface area (Å²) in [6, 6.07) is 16.5. The van der Waals surface area contributed by atoms with Gasteiger partial charge in [0.15, 0.2) is 12.6 Å². The van der Waals surface area contributed by atoms with E-state index < -0.39 is 0 Å². The monoisotopic (exact) mass is 512 g/mol. The van der Waals surface area contributed by atoms with Crippen molar-refractivity contribution in [2.24, 2.45) is 5.92 Å². The van der Waals surface area contributed by atoms with Crippen LogP contribution in [0.15, 0.2) is 54.6 Å². The summed E-state index contributed by atoms with van der Waals surface area (Å²) >= 11 is 1.99. The van der Waals surface area contributed by atoms with E-state index in [9.17, 15) is 14.0 Å². The summed E-state index contributed by atoms with van der Waals surface area (Å²) in [4.78, 5) is 27.9. The van der Waals surface area contributed by atoms with Gasteiger partial charge in [-0.15, -0.1) is 0 Å². The molecule has 2 aromatic carbocycles. The number of carbonyl (C=O) groups excluding carboxylic acids is 2. The minimum atomic E-state index is -0.371. The van der Waals surface area contributed by atoms with E-state index in [1.54, 1.807) is 12.1 Å². The molecule has 4 saturated heterocycles. The molecular formula is C28H35FN3O3S+. The van der Waals surface area contributed by atoms with E-state index in [0.717, 1.165) is 51.3 Å². The Kier molecular flexibility index (Phi) is 7.93. The first-order valence-corrected chi connectivity index (χ1v) is 14.0. The highest BCUT2D eigenvalue weighted by atomic mass is 32.2. The van der Waals surface area contributed by atoms with Gasteiger partial charge in [0.1, 0.15) is 12.4 Å². The van der Waals surface area contributed by atoms with Crippen LogP contribution in [0.2, 0.25) is 0 Å². The second-order valence-corrected chi connectivity index (χ2v) is 11.7. The molecule has 6 nitrogen and oxygen atoms in total. The second kappa shape index (κ2) is 11.3. The minimum Gasteiger partial charge on any atom is -0.456 e. The number of hydrogen-bond donors (Lipinski definition) is 1. The number of carbonyl (C=O) groups is 2. The molecule has 0 spiro atoms. The first-order chi connectivity index (χ1) is 17.5. The molecule has 1 N–H and O–H groups in total. The Morgan fingerprint density at radius 3 is 2.69 bits per heavy atom. The third-order valence-corrected chi connectivity index (χ3v) is 9.11. The van der Waals surface area contributed by atoms with Crippen molar-refractivity contribution in [3.63, 3.8) is 0 Å². The molecule has 192 valence electrons. The van der Waals surface area contributed by atoms with E-state index in [0.29, 0.717) is 40.8 Å². The van der Waals surface area contributed by atoms with Crippen LogP contribution in [-0.4, -0.2) is 78.9 Å². The summed E-state index contributed by atoms with van der Waals surface area (Å²) in [5, 5.41) is 3.27. The maximum absolute atomic E-state index is 13.5. The van der Waals surface area contributed by atoms with Gasteiger partial charge < -0.3 is 19.4 Å². The molecule has 6 rings (SSSR count). The zero-order valence-electron chi connectivity index (χ0n) is 20.6. The van der Waals surface area contributed by atoms with Crippen LogP contribution in [0.5, 0.6) is 0 Å². The third kappa shape index (κ3) is 6.28. The first-order valence-electron chi connectivity index (χ1n) is 13.0. The quantitative estimate of drug-likeness (QED) is 0.426. The molecule has 1 amide bonds. The summed E-state index contributed by atoms with van der Waals surface area (Å²) < 4.78 is 20.1. The molecule has 0 radical (unpaired) electrons. The molecular weight excluding hydrogens is 477 g/mol. The highest BCUT2D eigenvalue weighted by Gasteiger charge is 2.48. The number of amides is 1. The topological polar surface area (TPSA) is 58.6 Å². The first kappa shape index (κ1) is 25.2. The number of thioether (sulfide) groups is 1. The molecule has 4 aliphatic rings. The van der Waals surface area contributed by atoms with Gasteiger partial charge in [0.25, 0.3) is 5.91 Å². The van der Waals surface area contributed by atoms with Gasteiger partial charge in [-0.2, -0.15) is 11.8 Å². The van der Waals surface area contributed by atoms with E-state index in [4.69, 9.17) is 4.74 Å². The van der Waals surface area contributed by atoms with Crippen LogP contribution >= 0.6 is 11.8 Å². The standard InChI is InChI=1S/C28H34FN3O3S/c29-23-7-4-8-24(17-23)30-27(33)20-32-14-10-21(11-15-32)25(19-32)35-28(34)9-12-31-13-16-36-26(18-31)22-5-2-1-3-6-22/h1-8,17,21,25-26H,9-16,18-20H2/p+1/t21?,25-,26?,32?/m1/s1. The van der Waals surface area contributed by atoms with Gasteiger partial charge in [0, 0.05) is 55.1 Å². The van der Waals surface area contributed by atoms with Gasteiger partial charge in [-0.25, -0.2) is 4.39 Å². The molecule has 2 bridgehead atoms.